The van der Waals surface area contributed by atoms with Gasteiger partial charge in [-0.1, -0.05) is 13.8 Å². The van der Waals surface area contributed by atoms with Gasteiger partial charge < -0.3 is 10.2 Å². The van der Waals surface area contributed by atoms with Gasteiger partial charge in [-0.05, 0) is 32.0 Å². The average Bonchev–Trinajstić information content (AvgIpc) is 2.37. The van der Waals surface area contributed by atoms with Gasteiger partial charge in [0, 0.05) is 13.1 Å². The quantitative estimate of drug-likeness (QED) is 0.763. The highest BCUT2D eigenvalue weighted by atomic mass is 32.2. The number of hydrogen-bond donors (Lipinski definition) is 1. The van der Waals surface area contributed by atoms with Crippen LogP contribution in [0.1, 0.15) is 20.3 Å². The van der Waals surface area contributed by atoms with Gasteiger partial charge in [-0.2, -0.15) is 0 Å². The Hall–Kier alpha value is -0.130. The summed E-state index contributed by atoms with van der Waals surface area (Å²) in [4.78, 5) is 2.28. The van der Waals surface area contributed by atoms with Crippen molar-refractivity contribution in [2.45, 2.75) is 20.3 Å². The lowest BCUT2D eigenvalue weighted by molar-refractivity contribution is 0.251. The molecule has 4 nitrogen and oxygen atoms in total. The first-order chi connectivity index (χ1) is 7.53. The SMILES string of the molecule is CCNCC(C)CN1CCCS(=O)(=O)CC1. The monoisotopic (exact) mass is 248 g/mol. The van der Waals surface area contributed by atoms with Crippen molar-refractivity contribution in [1.29, 1.82) is 0 Å². The lowest BCUT2D eigenvalue weighted by Crippen LogP contribution is -2.35. The molecule has 0 bridgehead atoms. The molecule has 1 saturated heterocycles. The normalized spacial score (nSPS) is 23.9. The first-order valence-electron chi connectivity index (χ1n) is 6.17. The first-order valence-corrected chi connectivity index (χ1v) is 7.99. The number of rotatable bonds is 5. The second-order valence-electron chi connectivity index (χ2n) is 4.72. The summed E-state index contributed by atoms with van der Waals surface area (Å²) in [7, 11) is -2.76. The fourth-order valence-electron chi connectivity index (χ4n) is 2.07. The fourth-order valence-corrected chi connectivity index (χ4v) is 3.38. The molecule has 96 valence electrons. The zero-order valence-electron chi connectivity index (χ0n) is 10.4. The van der Waals surface area contributed by atoms with Crippen LogP contribution in [0.3, 0.4) is 0 Å². The van der Waals surface area contributed by atoms with E-state index >= 15 is 0 Å². The van der Waals surface area contributed by atoms with Crippen LogP contribution >= 0.6 is 0 Å². The lowest BCUT2D eigenvalue weighted by Gasteiger charge is -2.23. The third-order valence-electron chi connectivity index (χ3n) is 2.96. The van der Waals surface area contributed by atoms with Crippen molar-refractivity contribution in [2.75, 3.05) is 44.2 Å². The minimum absolute atomic E-state index is 0.334. The van der Waals surface area contributed by atoms with E-state index in [2.05, 4.69) is 24.1 Å². The van der Waals surface area contributed by atoms with Crippen molar-refractivity contribution in [1.82, 2.24) is 10.2 Å². The molecule has 1 atom stereocenters. The van der Waals surface area contributed by atoms with Crippen LogP contribution in [0.4, 0.5) is 0 Å². The molecule has 0 aliphatic carbocycles. The molecule has 1 aliphatic heterocycles. The second-order valence-corrected chi connectivity index (χ2v) is 7.02. The molecular weight excluding hydrogens is 224 g/mol. The van der Waals surface area contributed by atoms with Crippen molar-refractivity contribution in [3.05, 3.63) is 0 Å². The number of nitrogens with one attached hydrogen (secondary N) is 1. The van der Waals surface area contributed by atoms with E-state index in [1.54, 1.807) is 0 Å². The summed E-state index contributed by atoms with van der Waals surface area (Å²) in [5.74, 6) is 1.28. The van der Waals surface area contributed by atoms with Gasteiger partial charge in [0.1, 0.15) is 0 Å². The molecule has 1 unspecified atom stereocenters. The van der Waals surface area contributed by atoms with Gasteiger partial charge in [0.05, 0.1) is 11.5 Å². The molecular formula is C11H24N2O2S. The van der Waals surface area contributed by atoms with E-state index in [1.165, 1.54) is 0 Å². The van der Waals surface area contributed by atoms with Crippen LogP contribution in [0.2, 0.25) is 0 Å². The summed E-state index contributed by atoms with van der Waals surface area (Å²) in [6.07, 6.45) is 0.788. The molecule has 1 aliphatic rings. The molecule has 0 aromatic heterocycles. The van der Waals surface area contributed by atoms with Crippen LogP contribution in [0.25, 0.3) is 0 Å². The first kappa shape index (κ1) is 13.9. The fraction of sp³-hybridized carbons (Fsp3) is 1.00. The highest BCUT2D eigenvalue weighted by molar-refractivity contribution is 7.91. The third-order valence-corrected chi connectivity index (χ3v) is 4.68. The van der Waals surface area contributed by atoms with E-state index in [-0.39, 0.29) is 0 Å². The van der Waals surface area contributed by atoms with Crippen LogP contribution < -0.4 is 5.32 Å². The van der Waals surface area contributed by atoms with E-state index in [0.717, 1.165) is 32.6 Å². The van der Waals surface area contributed by atoms with Crippen molar-refractivity contribution in [3.63, 3.8) is 0 Å². The molecule has 1 heterocycles. The topological polar surface area (TPSA) is 49.4 Å². The summed E-state index contributed by atoms with van der Waals surface area (Å²) in [5, 5.41) is 3.32. The molecule has 0 amide bonds. The molecule has 1 fully saturated rings. The molecule has 0 aromatic rings. The maximum absolute atomic E-state index is 11.4. The molecule has 1 rings (SSSR count). The highest BCUT2D eigenvalue weighted by Gasteiger charge is 2.19. The maximum atomic E-state index is 11.4. The predicted octanol–water partition coefficient (Wildman–Crippen LogP) is 0.353. The minimum Gasteiger partial charge on any atom is -0.317 e. The maximum Gasteiger partial charge on any atom is 0.151 e. The van der Waals surface area contributed by atoms with Gasteiger partial charge >= 0.3 is 0 Å². The number of sulfone groups is 1. The Balaban J connectivity index is 2.32. The van der Waals surface area contributed by atoms with Crippen molar-refractivity contribution < 1.29 is 8.42 Å². The van der Waals surface area contributed by atoms with E-state index in [0.29, 0.717) is 24.0 Å². The lowest BCUT2D eigenvalue weighted by atomic mass is 10.1. The van der Waals surface area contributed by atoms with Crippen LogP contribution in [0, 0.1) is 5.92 Å². The number of hydrogen-bond acceptors (Lipinski definition) is 4. The standard InChI is InChI=1S/C11H24N2O2S/c1-3-12-9-11(2)10-13-5-4-7-16(14,15)8-6-13/h11-12H,3-10H2,1-2H3. The Labute approximate surface area is 99.3 Å². The van der Waals surface area contributed by atoms with Crippen molar-refractivity contribution in [3.8, 4) is 0 Å². The Morgan fingerprint density at radius 1 is 1.31 bits per heavy atom. The Kier molecular flexibility index (Phi) is 5.72. The van der Waals surface area contributed by atoms with Gasteiger partial charge in [0.25, 0.3) is 0 Å². The minimum atomic E-state index is -2.76. The van der Waals surface area contributed by atoms with Crippen molar-refractivity contribution in [2.24, 2.45) is 5.92 Å². The van der Waals surface area contributed by atoms with Gasteiger partial charge in [0.2, 0.25) is 0 Å². The Bertz CT molecular complexity index is 290. The Morgan fingerprint density at radius 2 is 2.06 bits per heavy atom. The average molecular weight is 248 g/mol. The molecule has 1 N–H and O–H groups in total. The molecule has 0 radical (unpaired) electrons. The van der Waals surface area contributed by atoms with E-state index in [9.17, 15) is 8.42 Å². The molecule has 0 spiro atoms. The third kappa shape index (κ3) is 5.27. The smallest absolute Gasteiger partial charge is 0.151 e. The van der Waals surface area contributed by atoms with Crippen LogP contribution in [-0.2, 0) is 9.84 Å². The zero-order valence-corrected chi connectivity index (χ0v) is 11.2. The van der Waals surface area contributed by atoms with Crippen molar-refractivity contribution >= 4 is 9.84 Å². The van der Waals surface area contributed by atoms with Crippen LogP contribution in [-0.4, -0.2) is 57.5 Å². The van der Waals surface area contributed by atoms with Gasteiger partial charge in [0.15, 0.2) is 9.84 Å². The summed E-state index contributed by atoms with van der Waals surface area (Å²) in [6.45, 7) is 8.96. The van der Waals surface area contributed by atoms with E-state index in [1.807, 2.05) is 0 Å². The van der Waals surface area contributed by atoms with Crippen LogP contribution in [0.5, 0.6) is 0 Å². The predicted molar refractivity (Wildman–Crippen MR) is 67.4 cm³/mol. The van der Waals surface area contributed by atoms with Gasteiger partial charge in [-0.25, -0.2) is 8.42 Å². The zero-order chi connectivity index (χ0) is 12.0. The molecule has 0 saturated carbocycles. The summed E-state index contributed by atoms with van der Waals surface area (Å²) < 4.78 is 22.9. The second kappa shape index (κ2) is 6.57. The summed E-state index contributed by atoms with van der Waals surface area (Å²) in [5.41, 5.74) is 0. The largest absolute Gasteiger partial charge is 0.317 e. The molecule has 0 aromatic carbocycles. The molecule has 5 heteroatoms. The summed E-state index contributed by atoms with van der Waals surface area (Å²) >= 11 is 0. The highest BCUT2D eigenvalue weighted by Crippen LogP contribution is 2.07. The van der Waals surface area contributed by atoms with Gasteiger partial charge in [-0.3, -0.25) is 0 Å². The van der Waals surface area contributed by atoms with Gasteiger partial charge in [-0.15, -0.1) is 0 Å². The van der Waals surface area contributed by atoms with E-state index in [4.69, 9.17) is 0 Å². The van der Waals surface area contributed by atoms with Crippen LogP contribution in [0.15, 0.2) is 0 Å². The number of nitrogens with zero attached hydrogens (tertiary/aromatic N) is 1. The molecule has 16 heavy (non-hydrogen) atoms. The Morgan fingerprint density at radius 3 is 2.75 bits per heavy atom. The summed E-state index contributed by atoms with van der Waals surface area (Å²) in [6, 6.07) is 0. The van der Waals surface area contributed by atoms with E-state index < -0.39 is 9.84 Å².